The van der Waals surface area contributed by atoms with Crippen LogP contribution >= 0.6 is 23.5 Å². The molecule has 14 rings (SSSR count). The first kappa shape index (κ1) is 39.9. The standard InChI is InChI=1S/C60H38B4O2S2/c1-4-19-40(20-5-1)61-45-27-10-13-31-53(45)65-57-49(61)34-35-50-58(57)66-56-44(26-17-30-48(56)63(50)42-23-8-3-9-24-42)39-18-16-25-43(38-39)64-47-29-12-15-33-55(47)68-60-52(64)37-36-51-59(60)67-54-32-14-11-28-46(54)62(51)41-21-6-2-7-22-41/h1-38H. The van der Waals surface area contributed by atoms with E-state index in [2.05, 4.69) is 231 Å². The van der Waals surface area contributed by atoms with Crippen LogP contribution in [0.1, 0.15) is 0 Å². The average Bonchev–Trinajstić information content (AvgIpc) is 3.41. The molecule has 0 aliphatic carbocycles. The van der Waals surface area contributed by atoms with Crippen molar-refractivity contribution in [1.29, 1.82) is 0 Å². The molecule has 0 saturated carbocycles. The van der Waals surface area contributed by atoms with E-state index in [1.165, 1.54) is 63.3 Å². The summed E-state index contributed by atoms with van der Waals surface area (Å²) in [5.74, 6) is 3.30. The van der Waals surface area contributed by atoms with Gasteiger partial charge in [0, 0.05) is 25.1 Å². The van der Waals surface area contributed by atoms with Gasteiger partial charge in [0.05, 0.1) is 0 Å². The smallest absolute Gasteiger partial charge is 0.251 e. The van der Waals surface area contributed by atoms with Gasteiger partial charge < -0.3 is 9.47 Å². The Morgan fingerprint density at radius 3 is 1.29 bits per heavy atom. The van der Waals surface area contributed by atoms with E-state index in [4.69, 9.17) is 9.47 Å². The molecule has 8 heteroatoms. The zero-order chi connectivity index (χ0) is 44.7. The first-order chi connectivity index (χ1) is 33.7. The first-order valence-electron chi connectivity index (χ1n) is 23.4. The van der Waals surface area contributed by atoms with Crippen molar-refractivity contribution < 1.29 is 9.47 Å². The van der Waals surface area contributed by atoms with Gasteiger partial charge in [0.2, 0.25) is 13.4 Å². The van der Waals surface area contributed by atoms with E-state index in [9.17, 15) is 0 Å². The maximum atomic E-state index is 7.42. The third-order valence-corrected chi connectivity index (χ3v) is 17.0. The lowest BCUT2D eigenvalue weighted by atomic mass is 9.33. The molecular formula is C60H38B4O2S2. The third kappa shape index (κ3) is 6.35. The van der Waals surface area contributed by atoms with Gasteiger partial charge in [0.15, 0.2) is 11.5 Å². The summed E-state index contributed by atoms with van der Waals surface area (Å²) in [6.07, 6.45) is 0. The molecule has 0 amide bonds. The topological polar surface area (TPSA) is 18.5 Å². The second-order valence-corrected chi connectivity index (χ2v) is 20.2. The molecule has 4 aliphatic rings. The predicted octanol–water partition coefficient (Wildman–Crippen LogP) is 6.56. The van der Waals surface area contributed by atoms with Gasteiger partial charge in [-0.1, -0.05) is 280 Å². The summed E-state index contributed by atoms with van der Waals surface area (Å²) >= 11 is 3.86. The van der Waals surface area contributed by atoms with Gasteiger partial charge in [-0.15, -0.1) is 0 Å². The zero-order valence-corrected chi connectivity index (χ0v) is 38.5. The van der Waals surface area contributed by atoms with Crippen LogP contribution in [0.15, 0.2) is 250 Å². The normalized spacial score (nSPS) is 13.6. The van der Waals surface area contributed by atoms with Gasteiger partial charge in [0.25, 0.3) is 13.4 Å². The Labute approximate surface area is 407 Å². The predicted molar refractivity (Wildman–Crippen MR) is 290 cm³/mol. The van der Waals surface area contributed by atoms with Crippen LogP contribution in [0, 0.1) is 0 Å². The first-order valence-corrected chi connectivity index (χ1v) is 25.1. The molecule has 0 unspecified atom stereocenters. The van der Waals surface area contributed by atoms with Crippen LogP contribution in [-0.2, 0) is 0 Å². The molecule has 10 aromatic carbocycles. The van der Waals surface area contributed by atoms with Crippen LogP contribution < -0.4 is 75.0 Å². The molecule has 10 aromatic rings. The molecule has 314 valence electrons. The van der Waals surface area contributed by atoms with E-state index in [-0.39, 0.29) is 26.9 Å². The van der Waals surface area contributed by atoms with Gasteiger partial charge in [0.1, 0.15) is 11.5 Å². The highest BCUT2D eigenvalue weighted by Crippen LogP contribution is 2.43. The van der Waals surface area contributed by atoms with Crippen molar-refractivity contribution in [2.45, 2.75) is 19.6 Å². The number of hydrogen-bond donors (Lipinski definition) is 0. The van der Waals surface area contributed by atoms with E-state index >= 15 is 0 Å². The second kappa shape index (κ2) is 16.2. The highest BCUT2D eigenvalue weighted by Gasteiger charge is 2.42. The van der Waals surface area contributed by atoms with E-state index in [0.717, 1.165) is 56.0 Å². The van der Waals surface area contributed by atoms with Gasteiger partial charge in [-0.2, -0.15) is 0 Å². The van der Waals surface area contributed by atoms with Crippen LogP contribution in [0.4, 0.5) is 0 Å². The minimum absolute atomic E-state index is 0.00376. The van der Waals surface area contributed by atoms with Crippen molar-refractivity contribution in [2.24, 2.45) is 0 Å². The molecular weight excluding hydrogens is 860 g/mol. The molecule has 0 fully saturated rings. The molecule has 4 aliphatic heterocycles. The number of benzene rings is 10. The van der Waals surface area contributed by atoms with Gasteiger partial charge in [-0.3, -0.25) is 0 Å². The fraction of sp³-hybridized carbons (Fsp3) is 0. The Bertz CT molecular complexity index is 3630. The largest absolute Gasteiger partial charge is 0.455 e. The summed E-state index contributed by atoms with van der Waals surface area (Å²) in [6, 6.07) is 84.4. The maximum absolute atomic E-state index is 7.42. The number of hydrogen-bond acceptors (Lipinski definition) is 4. The molecule has 68 heavy (non-hydrogen) atoms. The van der Waals surface area contributed by atoms with Crippen molar-refractivity contribution in [2.75, 3.05) is 0 Å². The van der Waals surface area contributed by atoms with Crippen LogP contribution in [-0.4, -0.2) is 26.9 Å². The lowest BCUT2D eigenvalue weighted by Crippen LogP contribution is -2.58. The molecule has 0 atom stereocenters. The van der Waals surface area contributed by atoms with Crippen LogP contribution in [0.2, 0.25) is 0 Å². The average molecular weight is 898 g/mol. The molecule has 4 heterocycles. The molecule has 0 saturated heterocycles. The minimum Gasteiger partial charge on any atom is -0.455 e. The van der Waals surface area contributed by atoms with E-state index < -0.39 is 0 Å². The number of fused-ring (bicyclic) bond motifs is 10. The quantitative estimate of drug-likeness (QED) is 0.183. The Morgan fingerprint density at radius 1 is 0.279 bits per heavy atom. The van der Waals surface area contributed by atoms with Crippen molar-refractivity contribution in [3.63, 3.8) is 0 Å². The van der Waals surface area contributed by atoms with Crippen molar-refractivity contribution in [1.82, 2.24) is 0 Å². The monoisotopic (exact) mass is 898 g/mol. The fourth-order valence-electron chi connectivity index (χ4n) is 11.4. The molecule has 0 aromatic heterocycles. The Hall–Kier alpha value is -7.24. The zero-order valence-electron chi connectivity index (χ0n) is 36.9. The lowest BCUT2D eigenvalue weighted by molar-refractivity contribution is 0.425. The molecule has 0 N–H and O–H groups in total. The molecule has 0 radical (unpaired) electrons. The highest BCUT2D eigenvalue weighted by atomic mass is 32.2. The molecule has 0 bridgehead atoms. The Kier molecular flexibility index (Phi) is 9.52. The van der Waals surface area contributed by atoms with Crippen molar-refractivity contribution >= 4 is 116 Å². The summed E-state index contributed by atoms with van der Waals surface area (Å²) in [7, 11) is 0. The fourth-order valence-corrected chi connectivity index (χ4v) is 14.1. The van der Waals surface area contributed by atoms with Crippen LogP contribution in [0.3, 0.4) is 0 Å². The van der Waals surface area contributed by atoms with E-state index in [1.807, 2.05) is 23.5 Å². The van der Waals surface area contributed by atoms with E-state index in [0.29, 0.717) is 0 Å². The summed E-state index contributed by atoms with van der Waals surface area (Å²) in [5, 5.41) is 0. The Balaban J connectivity index is 0.923. The second-order valence-electron chi connectivity index (χ2n) is 18.1. The summed E-state index contributed by atoms with van der Waals surface area (Å²) in [5.41, 5.74) is 17.2. The number of rotatable bonds is 5. The minimum atomic E-state index is -0.0676. The van der Waals surface area contributed by atoms with Crippen molar-refractivity contribution in [3.05, 3.63) is 231 Å². The molecule has 0 spiro atoms. The summed E-state index contributed by atoms with van der Waals surface area (Å²) in [4.78, 5) is 5.37. The molecule has 2 nitrogen and oxygen atoms in total. The Morgan fingerprint density at radius 2 is 0.691 bits per heavy atom. The van der Waals surface area contributed by atoms with Crippen molar-refractivity contribution in [3.8, 4) is 34.1 Å². The van der Waals surface area contributed by atoms with Gasteiger partial charge in [-0.25, -0.2) is 0 Å². The van der Waals surface area contributed by atoms with E-state index in [1.54, 1.807) is 0 Å². The third-order valence-electron chi connectivity index (χ3n) is 14.4. The lowest BCUT2D eigenvalue weighted by Gasteiger charge is -2.34. The number of para-hydroxylation sites is 2. The number of ether oxygens (including phenoxy) is 2. The highest BCUT2D eigenvalue weighted by molar-refractivity contribution is 8.03. The van der Waals surface area contributed by atoms with Gasteiger partial charge in [-0.05, 0) is 45.6 Å². The maximum Gasteiger partial charge on any atom is 0.251 e. The van der Waals surface area contributed by atoms with Gasteiger partial charge >= 0.3 is 0 Å². The summed E-state index contributed by atoms with van der Waals surface area (Å²) < 4.78 is 14.4. The summed E-state index contributed by atoms with van der Waals surface area (Å²) in [6.45, 7) is 0.129. The SMILES string of the molecule is c1ccc(B2c3ccccc3Oc3c2ccc2c3Oc3c(cccc3-c3cccc(B4c5ccccc5Sc5c4ccc4c5Sc5ccccc5B4c4ccccc4)c3)B2c2ccccc2)cc1. The van der Waals surface area contributed by atoms with Crippen LogP contribution in [0.25, 0.3) is 11.1 Å². The van der Waals surface area contributed by atoms with Crippen LogP contribution in [0.5, 0.6) is 23.0 Å².